The molecule has 0 atom stereocenters. The third-order valence-corrected chi connectivity index (χ3v) is 0. The van der Waals surface area contributed by atoms with Crippen LogP contribution in [-0.2, 0) is 3.83 Å². The number of carboxylic acid groups (broad SMARTS) is 2. The largest absolute Gasteiger partial charge is 2.00 e. The van der Waals surface area contributed by atoms with Crippen molar-refractivity contribution in [3.05, 3.63) is 0 Å². The molecule has 0 radical (unpaired) electrons. The molecule has 0 N–H and O–H groups in total. The molecular formula is CCa2O6Se. The maximum atomic E-state index is 8.54. The molecule has 0 aliphatic heterocycles. The average Bonchev–Trinajstić information content (AvgIpc) is 1.25. The molecule has 0 saturated carbocycles. The molecule has 0 aliphatic carbocycles. The zero-order valence-corrected chi connectivity index (χ0v) is 10.9. The topological polar surface area (TPSA) is 126 Å². The minimum Gasteiger partial charge on any atom is 2.00 e. The van der Waals surface area contributed by atoms with E-state index in [-0.39, 0.29) is 75.5 Å². The van der Waals surface area contributed by atoms with Crippen LogP contribution in [0.25, 0.3) is 0 Å². The van der Waals surface area contributed by atoms with Gasteiger partial charge < -0.3 is 15.0 Å². The SMILES string of the molecule is O=C([O-])[O-].O=[Se]([O-])[O-].[Ca+2].[Ca+2]. The Hall–Kier alpha value is 2.03. The van der Waals surface area contributed by atoms with Crippen LogP contribution in [0, 0.1) is 0 Å². The van der Waals surface area contributed by atoms with E-state index in [4.69, 9.17) is 27.2 Å². The second-order valence-electron chi connectivity index (χ2n) is 0.454. The standard InChI is InChI=1S/CH2O3.2Ca.H2O3Se/c2-1(3)4;;;1-4(2)3/h(H2,2,3,4);;;(H2,1,2,3)/q;2*+2;/p-4. The van der Waals surface area contributed by atoms with Crippen molar-refractivity contribution in [2.45, 2.75) is 0 Å². The Morgan fingerprint density at radius 1 is 1.10 bits per heavy atom. The van der Waals surface area contributed by atoms with Gasteiger partial charge in [-0.25, -0.2) is 0 Å². The van der Waals surface area contributed by atoms with E-state index in [0.717, 1.165) is 0 Å². The fourth-order valence-electron chi connectivity index (χ4n) is 0. The second-order valence-corrected chi connectivity index (χ2v) is 1.31. The van der Waals surface area contributed by atoms with Crippen molar-refractivity contribution in [2.75, 3.05) is 0 Å². The first-order valence-electron chi connectivity index (χ1n) is 1.11. The number of rotatable bonds is 0. The van der Waals surface area contributed by atoms with Crippen molar-refractivity contribution in [3.63, 3.8) is 0 Å². The smallest absolute Gasteiger partial charge is 2.00 e. The van der Waals surface area contributed by atoms with E-state index in [1.807, 2.05) is 0 Å². The van der Waals surface area contributed by atoms with Crippen molar-refractivity contribution < 1.29 is 27.2 Å². The predicted molar refractivity (Wildman–Crippen MR) is 23.3 cm³/mol. The van der Waals surface area contributed by atoms with Gasteiger partial charge in [0.15, 0.2) is 0 Å². The van der Waals surface area contributed by atoms with Crippen LogP contribution in [-0.4, -0.2) is 96.1 Å². The molecule has 0 aromatic carbocycles. The Kier molecular flexibility index (Phi) is 39.1. The molecule has 0 amide bonds. The van der Waals surface area contributed by atoms with E-state index in [1.54, 1.807) is 0 Å². The van der Waals surface area contributed by atoms with E-state index in [9.17, 15) is 0 Å². The van der Waals surface area contributed by atoms with E-state index >= 15 is 0 Å². The van der Waals surface area contributed by atoms with Crippen molar-refractivity contribution in [1.82, 2.24) is 0 Å². The molecule has 0 saturated heterocycles. The summed E-state index contributed by atoms with van der Waals surface area (Å²) in [6, 6.07) is 0. The summed E-state index contributed by atoms with van der Waals surface area (Å²) in [4.78, 5) is 8.33. The zero-order valence-electron chi connectivity index (χ0n) is 4.77. The van der Waals surface area contributed by atoms with Gasteiger partial charge >= 0.3 is 102 Å². The van der Waals surface area contributed by atoms with Crippen molar-refractivity contribution >= 4 is 96.1 Å². The molecule has 0 spiro atoms. The number of hydrogen-bond donors (Lipinski definition) is 0. The number of carbonyl (C=O) groups is 1. The summed E-state index contributed by atoms with van der Waals surface area (Å²) in [5, 5.41) is 16.7. The maximum Gasteiger partial charge on any atom is 2.00 e. The number of hydrogen-bond acceptors (Lipinski definition) is 6. The molecule has 0 aromatic rings. The summed E-state index contributed by atoms with van der Waals surface area (Å²) in [5.41, 5.74) is 0. The van der Waals surface area contributed by atoms with Gasteiger partial charge in [0.05, 0.1) is 0 Å². The summed E-state index contributed by atoms with van der Waals surface area (Å²) < 4.78 is 25.6. The van der Waals surface area contributed by atoms with Crippen LogP contribution in [0.4, 0.5) is 4.79 Å². The van der Waals surface area contributed by atoms with Gasteiger partial charge in [-0.3, -0.25) is 0 Å². The van der Waals surface area contributed by atoms with Gasteiger partial charge in [0.2, 0.25) is 0 Å². The first-order valence-corrected chi connectivity index (χ1v) is 3.21. The molecule has 9 heteroatoms. The fraction of sp³-hybridized carbons (Fsp3) is 0. The molecule has 0 bridgehead atoms. The van der Waals surface area contributed by atoms with Gasteiger partial charge in [0.25, 0.3) is 0 Å². The van der Waals surface area contributed by atoms with Crippen LogP contribution in [0.15, 0.2) is 0 Å². The number of carbonyl (C=O) groups excluding carboxylic acids is 1. The van der Waals surface area contributed by atoms with E-state index in [1.165, 1.54) is 0 Å². The van der Waals surface area contributed by atoms with Crippen molar-refractivity contribution in [3.8, 4) is 0 Å². The maximum absolute atomic E-state index is 8.54. The van der Waals surface area contributed by atoms with E-state index < -0.39 is 20.6 Å². The Balaban J connectivity index is -0.0000000300. The Bertz CT molecular complexity index is 73.7. The predicted octanol–water partition coefficient (Wildman–Crippen LogP) is -6.09. The molecule has 6 nitrogen and oxygen atoms in total. The van der Waals surface area contributed by atoms with Gasteiger partial charge in [-0.1, -0.05) is 0 Å². The summed E-state index contributed by atoms with van der Waals surface area (Å²) >= 11 is -3.79. The van der Waals surface area contributed by atoms with Crippen LogP contribution in [0.3, 0.4) is 0 Å². The first-order chi connectivity index (χ1) is 3.46. The van der Waals surface area contributed by atoms with Crippen LogP contribution >= 0.6 is 0 Å². The Labute approximate surface area is 121 Å². The average molecular weight is 267 g/mol. The first kappa shape index (κ1) is 22.7. The minimum atomic E-state index is -3.79. The normalized spacial score (nSPS) is 5.90. The summed E-state index contributed by atoms with van der Waals surface area (Å²) in [7, 11) is 0. The molecule has 0 aromatic heterocycles. The molecule has 0 fully saturated rings. The van der Waals surface area contributed by atoms with Gasteiger partial charge in [0.1, 0.15) is 0 Å². The van der Waals surface area contributed by atoms with Crippen LogP contribution < -0.4 is 18.6 Å². The molecule has 0 unspecified atom stereocenters. The zero-order chi connectivity index (χ0) is 7.15. The third kappa shape index (κ3) is 199. The second kappa shape index (κ2) is 17.2. The molecule has 50 valence electrons. The van der Waals surface area contributed by atoms with Gasteiger partial charge in [-0.2, -0.15) is 0 Å². The quantitative estimate of drug-likeness (QED) is 0.402. The molecule has 0 rings (SSSR count). The Morgan fingerprint density at radius 2 is 1.10 bits per heavy atom. The summed E-state index contributed by atoms with van der Waals surface area (Å²) in [6.07, 6.45) is -2.33. The van der Waals surface area contributed by atoms with Crippen LogP contribution in [0.2, 0.25) is 0 Å². The molecule has 0 heterocycles. The molecule has 10 heavy (non-hydrogen) atoms. The van der Waals surface area contributed by atoms with E-state index in [2.05, 4.69) is 0 Å². The van der Waals surface area contributed by atoms with Crippen molar-refractivity contribution in [1.29, 1.82) is 0 Å². The summed E-state index contributed by atoms with van der Waals surface area (Å²) in [5.74, 6) is 0. The monoisotopic (exact) mass is 268 g/mol. The van der Waals surface area contributed by atoms with Crippen LogP contribution in [0.5, 0.6) is 0 Å². The molecule has 0 aliphatic rings. The Morgan fingerprint density at radius 3 is 1.10 bits per heavy atom. The van der Waals surface area contributed by atoms with Gasteiger partial charge in [-0.05, 0) is 6.16 Å². The minimum absolute atomic E-state index is 0. The summed E-state index contributed by atoms with van der Waals surface area (Å²) in [6.45, 7) is 0. The van der Waals surface area contributed by atoms with E-state index in [0.29, 0.717) is 0 Å². The van der Waals surface area contributed by atoms with Gasteiger partial charge in [0, 0.05) is 0 Å². The van der Waals surface area contributed by atoms with Crippen LogP contribution in [0.1, 0.15) is 0 Å². The fourth-order valence-corrected chi connectivity index (χ4v) is 0. The van der Waals surface area contributed by atoms with Gasteiger partial charge in [-0.15, -0.1) is 0 Å². The van der Waals surface area contributed by atoms with Crippen molar-refractivity contribution in [2.24, 2.45) is 0 Å². The molecular weight excluding hydrogens is 267 g/mol. The third-order valence-electron chi connectivity index (χ3n) is 0.